The van der Waals surface area contributed by atoms with Gasteiger partial charge in [-0.15, -0.1) is 11.3 Å². The van der Waals surface area contributed by atoms with Crippen LogP contribution >= 0.6 is 11.3 Å². The van der Waals surface area contributed by atoms with Crippen LogP contribution in [0.25, 0.3) is 0 Å². The predicted molar refractivity (Wildman–Crippen MR) is 106 cm³/mol. The number of thiazole rings is 1. The lowest BCUT2D eigenvalue weighted by Crippen LogP contribution is -2.43. The normalized spacial score (nSPS) is 12.9. The zero-order valence-electron chi connectivity index (χ0n) is 15.5. The van der Waals surface area contributed by atoms with Crippen LogP contribution in [0.1, 0.15) is 43.0 Å². The molecule has 0 bridgehead atoms. The van der Waals surface area contributed by atoms with Crippen molar-refractivity contribution in [2.45, 2.75) is 45.6 Å². The molecule has 2 aromatic rings. The minimum atomic E-state index is -0.436. The Balaban J connectivity index is 1.91. The molecule has 0 aliphatic heterocycles. The molecule has 0 fully saturated rings. The molecule has 1 heterocycles. The van der Waals surface area contributed by atoms with E-state index in [4.69, 9.17) is 0 Å². The van der Waals surface area contributed by atoms with Crippen LogP contribution in [-0.2, 0) is 21.5 Å². The van der Waals surface area contributed by atoms with E-state index in [1.807, 2.05) is 50.4 Å². The third kappa shape index (κ3) is 5.26. The van der Waals surface area contributed by atoms with Gasteiger partial charge < -0.3 is 10.6 Å². The molecule has 1 aromatic heterocycles. The lowest BCUT2D eigenvalue weighted by atomic mass is 9.99. The second-order valence-corrected chi connectivity index (χ2v) is 7.28. The molecular formula is C20H25N3O2S. The zero-order chi connectivity index (χ0) is 19.2. The first-order valence-electron chi connectivity index (χ1n) is 8.62. The summed E-state index contributed by atoms with van der Waals surface area (Å²) in [5, 5.41) is 8.77. The lowest BCUT2D eigenvalue weighted by Gasteiger charge is -2.27. The van der Waals surface area contributed by atoms with E-state index in [1.165, 1.54) is 6.08 Å². The summed E-state index contributed by atoms with van der Waals surface area (Å²) in [5.74, 6) is -0.236. The quantitative estimate of drug-likeness (QED) is 0.690. The van der Waals surface area contributed by atoms with E-state index in [0.717, 1.165) is 22.7 Å². The molecule has 5 nitrogen and oxygen atoms in total. The zero-order valence-corrected chi connectivity index (χ0v) is 16.3. The van der Waals surface area contributed by atoms with Crippen LogP contribution in [0.2, 0.25) is 0 Å². The number of nitrogens with one attached hydrogen (secondary N) is 2. The van der Waals surface area contributed by atoms with Crippen LogP contribution in [0.4, 0.5) is 5.69 Å². The molecule has 0 saturated carbocycles. The SMILES string of the molecule is C=CC(=O)Nc1ccc(CCC(=O)NC(C)(CC)c2nc(C)cs2)cc1. The second-order valence-electron chi connectivity index (χ2n) is 6.42. The Bertz CT molecular complexity index is 783. The van der Waals surface area contributed by atoms with E-state index in [1.54, 1.807) is 11.3 Å². The van der Waals surface area contributed by atoms with Crippen molar-refractivity contribution in [2.75, 3.05) is 5.32 Å². The average molecular weight is 372 g/mol. The van der Waals surface area contributed by atoms with Crippen molar-refractivity contribution < 1.29 is 9.59 Å². The third-order valence-electron chi connectivity index (χ3n) is 4.26. The van der Waals surface area contributed by atoms with Gasteiger partial charge in [-0.05, 0) is 50.5 Å². The summed E-state index contributed by atoms with van der Waals surface area (Å²) >= 11 is 1.58. The van der Waals surface area contributed by atoms with Crippen LogP contribution in [-0.4, -0.2) is 16.8 Å². The second kappa shape index (κ2) is 8.76. The van der Waals surface area contributed by atoms with Crippen molar-refractivity contribution in [2.24, 2.45) is 0 Å². The molecule has 26 heavy (non-hydrogen) atoms. The van der Waals surface area contributed by atoms with Crippen LogP contribution in [0, 0.1) is 6.92 Å². The van der Waals surface area contributed by atoms with Crippen molar-refractivity contribution in [3.05, 3.63) is 58.6 Å². The summed E-state index contributed by atoms with van der Waals surface area (Å²) in [6, 6.07) is 7.47. The number of carbonyl (C=O) groups excluding carboxylic acids is 2. The van der Waals surface area contributed by atoms with Gasteiger partial charge in [-0.1, -0.05) is 25.6 Å². The van der Waals surface area contributed by atoms with Crippen molar-refractivity contribution in [1.29, 1.82) is 0 Å². The average Bonchev–Trinajstić information content (AvgIpc) is 3.08. The summed E-state index contributed by atoms with van der Waals surface area (Å²) in [6.07, 6.45) is 3.05. The Morgan fingerprint density at radius 1 is 1.31 bits per heavy atom. The number of anilines is 1. The number of aromatic nitrogens is 1. The standard InChI is InChI=1S/C20H25N3O2S/c1-5-17(24)22-16-10-7-15(8-11-16)9-12-18(25)23-20(4,6-2)19-21-14(3)13-26-19/h5,7-8,10-11,13H,1,6,9,12H2,2-4H3,(H,22,24)(H,23,25). The van der Waals surface area contributed by atoms with Gasteiger partial charge in [0.15, 0.2) is 0 Å². The van der Waals surface area contributed by atoms with Gasteiger partial charge in [-0.25, -0.2) is 4.98 Å². The van der Waals surface area contributed by atoms with Crippen molar-refractivity contribution in [1.82, 2.24) is 10.3 Å². The first-order valence-corrected chi connectivity index (χ1v) is 9.50. The topological polar surface area (TPSA) is 71.1 Å². The highest BCUT2D eigenvalue weighted by molar-refractivity contribution is 7.09. The minimum absolute atomic E-state index is 0.00578. The van der Waals surface area contributed by atoms with E-state index in [0.29, 0.717) is 18.5 Å². The maximum Gasteiger partial charge on any atom is 0.247 e. The molecule has 1 aromatic carbocycles. The Kier molecular flexibility index (Phi) is 6.69. The molecular weight excluding hydrogens is 346 g/mol. The summed E-state index contributed by atoms with van der Waals surface area (Å²) in [6.45, 7) is 9.44. The molecule has 2 N–H and O–H groups in total. The number of hydrogen-bond donors (Lipinski definition) is 2. The molecule has 1 atom stereocenters. The monoisotopic (exact) mass is 371 g/mol. The number of aryl methyl sites for hydroxylation is 2. The Hall–Kier alpha value is -2.47. The highest BCUT2D eigenvalue weighted by atomic mass is 32.1. The van der Waals surface area contributed by atoms with Gasteiger partial charge in [0.1, 0.15) is 5.01 Å². The molecule has 0 aliphatic rings. The van der Waals surface area contributed by atoms with Gasteiger partial charge in [0.2, 0.25) is 11.8 Å². The fraction of sp³-hybridized carbons (Fsp3) is 0.350. The van der Waals surface area contributed by atoms with Crippen LogP contribution in [0.15, 0.2) is 42.3 Å². The Morgan fingerprint density at radius 2 is 2.00 bits per heavy atom. The third-order valence-corrected chi connectivity index (χ3v) is 5.49. The maximum absolute atomic E-state index is 12.4. The van der Waals surface area contributed by atoms with Gasteiger partial charge in [-0.3, -0.25) is 9.59 Å². The predicted octanol–water partition coefficient (Wildman–Crippen LogP) is 3.95. The first-order chi connectivity index (χ1) is 12.4. The fourth-order valence-corrected chi connectivity index (χ4v) is 3.46. The maximum atomic E-state index is 12.4. The van der Waals surface area contributed by atoms with Gasteiger partial charge in [0.25, 0.3) is 0 Å². The smallest absolute Gasteiger partial charge is 0.247 e. The molecule has 2 rings (SSSR count). The minimum Gasteiger partial charge on any atom is -0.344 e. The number of amides is 2. The Labute approximate surface area is 158 Å². The van der Waals surface area contributed by atoms with Gasteiger partial charge >= 0.3 is 0 Å². The van der Waals surface area contributed by atoms with Gasteiger partial charge in [-0.2, -0.15) is 0 Å². The molecule has 0 spiro atoms. The summed E-state index contributed by atoms with van der Waals surface area (Å²) < 4.78 is 0. The number of benzene rings is 1. The van der Waals surface area contributed by atoms with Gasteiger partial charge in [0, 0.05) is 23.2 Å². The lowest BCUT2D eigenvalue weighted by molar-refractivity contribution is -0.123. The van der Waals surface area contributed by atoms with Crippen LogP contribution < -0.4 is 10.6 Å². The van der Waals surface area contributed by atoms with Crippen molar-refractivity contribution in [3.63, 3.8) is 0 Å². The summed E-state index contributed by atoms with van der Waals surface area (Å²) in [4.78, 5) is 28.2. The van der Waals surface area contributed by atoms with Crippen LogP contribution in [0.3, 0.4) is 0 Å². The Morgan fingerprint density at radius 3 is 2.54 bits per heavy atom. The molecule has 2 amide bonds. The highest BCUT2D eigenvalue weighted by Crippen LogP contribution is 2.27. The molecule has 6 heteroatoms. The van der Waals surface area contributed by atoms with E-state index < -0.39 is 5.54 Å². The van der Waals surface area contributed by atoms with E-state index in [-0.39, 0.29) is 11.8 Å². The molecule has 138 valence electrons. The largest absolute Gasteiger partial charge is 0.344 e. The van der Waals surface area contributed by atoms with E-state index in [9.17, 15) is 9.59 Å². The van der Waals surface area contributed by atoms with Crippen molar-refractivity contribution in [3.8, 4) is 0 Å². The number of rotatable bonds is 8. The fourth-order valence-electron chi connectivity index (χ4n) is 2.48. The molecule has 1 unspecified atom stereocenters. The summed E-state index contributed by atoms with van der Waals surface area (Å²) in [7, 11) is 0. The number of hydrogen-bond acceptors (Lipinski definition) is 4. The molecule has 0 saturated heterocycles. The van der Waals surface area contributed by atoms with E-state index >= 15 is 0 Å². The van der Waals surface area contributed by atoms with Crippen molar-refractivity contribution >= 4 is 28.8 Å². The first kappa shape index (κ1) is 19.8. The molecule has 0 aliphatic carbocycles. The van der Waals surface area contributed by atoms with Crippen LogP contribution in [0.5, 0.6) is 0 Å². The van der Waals surface area contributed by atoms with E-state index in [2.05, 4.69) is 22.2 Å². The highest BCUT2D eigenvalue weighted by Gasteiger charge is 2.29. The summed E-state index contributed by atoms with van der Waals surface area (Å²) in [5.41, 5.74) is 2.29. The van der Waals surface area contributed by atoms with Gasteiger partial charge in [0.05, 0.1) is 5.54 Å². The number of nitrogens with zero attached hydrogens (tertiary/aromatic N) is 1. The molecule has 0 radical (unpaired) electrons. The number of carbonyl (C=O) groups is 2.